The van der Waals surface area contributed by atoms with Crippen LogP contribution >= 0.6 is 12.2 Å². The molecule has 0 aliphatic carbocycles. The zero-order valence-corrected chi connectivity index (χ0v) is 22.3. The van der Waals surface area contributed by atoms with Crippen molar-refractivity contribution in [3.05, 3.63) is 101 Å². The van der Waals surface area contributed by atoms with Crippen LogP contribution in [0.25, 0.3) is 5.69 Å². The predicted molar refractivity (Wildman–Crippen MR) is 150 cm³/mol. The highest BCUT2D eigenvalue weighted by atomic mass is 32.1. The van der Waals surface area contributed by atoms with Crippen molar-refractivity contribution >= 4 is 34.6 Å². The number of thiocarbonyl (C=S) groups is 1. The number of aryl methyl sites for hydroxylation is 1. The fourth-order valence-electron chi connectivity index (χ4n) is 5.18. The maximum atomic E-state index is 14.1. The first-order valence-electron chi connectivity index (χ1n) is 12.2. The molecule has 38 heavy (non-hydrogen) atoms. The number of amides is 1. The quantitative estimate of drug-likeness (QED) is 0.309. The van der Waals surface area contributed by atoms with Gasteiger partial charge in [-0.15, -0.1) is 0 Å². The SMILES string of the molecule is COc1ccc(N2C(=S)N[C@@H](c3ccccn3)[C@H]2c2cc(C)n(-c3cccc(F)c3)c2C)cc1NC(C)=O. The second-order valence-corrected chi connectivity index (χ2v) is 9.59. The number of hydrogen-bond donors (Lipinski definition) is 2. The number of carbonyl (C=O) groups excluding carboxylic acids is 1. The van der Waals surface area contributed by atoms with Crippen molar-refractivity contribution < 1.29 is 13.9 Å². The number of carbonyl (C=O) groups is 1. The Morgan fingerprint density at radius 3 is 2.58 bits per heavy atom. The fourth-order valence-corrected chi connectivity index (χ4v) is 5.53. The number of methoxy groups -OCH3 is 1. The Hall–Kier alpha value is -4.24. The van der Waals surface area contributed by atoms with Gasteiger partial charge in [-0.25, -0.2) is 4.39 Å². The summed E-state index contributed by atoms with van der Waals surface area (Å²) in [6, 6.07) is 19.5. The van der Waals surface area contributed by atoms with Crippen LogP contribution < -0.4 is 20.3 Å². The molecule has 2 N–H and O–H groups in total. The van der Waals surface area contributed by atoms with E-state index >= 15 is 0 Å². The van der Waals surface area contributed by atoms with Gasteiger partial charge in [-0.2, -0.15) is 0 Å². The third kappa shape index (κ3) is 4.61. The lowest BCUT2D eigenvalue weighted by Crippen LogP contribution is -2.29. The molecule has 1 amide bonds. The first kappa shape index (κ1) is 25.4. The van der Waals surface area contributed by atoms with Gasteiger partial charge in [0.15, 0.2) is 5.11 Å². The Labute approximate surface area is 226 Å². The molecule has 0 saturated carbocycles. The molecular formula is C29H28FN5O2S. The second-order valence-electron chi connectivity index (χ2n) is 9.20. The molecule has 3 heterocycles. The predicted octanol–water partition coefficient (Wildman–Crippen LogP) is 5.77. The summed E-state index contributed by atoms with van der Waals surface area (Å²) in [5.74, 6) is 0.0465. The van der Waals surface area contributed by atoms with Gasteiger partial charge in [-0.1, -0.05) is 12.1 Å². The van der Waals surface area contributed by atoms with Gasteiger partial charge < -0.3 is 24.8 Å². The van der Waals surface area contributed by atoms with Crippen LogP contribution in [0.1, 0.15) is 41.7 Å². The molecule has 1 aliphatic heterocycles. The first-order valence-corrected chi connectivity index (χ1v) is 12.6. The smallest absolute Gasteiger partial charge is 0.221 e. The number of benzene rings is 2. The molecule has 9 heteroatoms. The normalized spacial score (nSPS) is 16.9. The number of halogens is 1. The summed E-state index contributed by atoms with van der Waals surface area (Å²) in [6.45, 7) is 5.48. The Balaban J connectivity index is 1.68. The Bertz CT molecular complexity index is 1520. The highest BCUT2D eigenvalue weighted by Crippen LogP contribution is 2.45. The lowest BCUT2D eigenvalue weighted by Gasteiger charge is -2.29. The molecule has 5 rings (SSSR count). The van der Waals surface area contributed by atoms with E-state index in [-0.39, 0.29) is 23.8 Å². The molecule has 0 radical (unpaired) electrons. The molecule has 2 aromatic carbocycles. The van der Waals surface area contributed by atoms with E-state index in [0.717, 1.165) is 34.0 Å². The van der Waals surface area contributed by atoms with Crippen LogP contribution in [0.15, 0.2) is 72.9 Å². The van der Waals surface area contributed by atoms with Crippen molar-refractivity contribution in [1.29, 1.82) is 0 Å². The van der Waals surface area contributed by atoms with Gasteiger partial charge in [0.05, 0.1) is 30.6 Å². The third-order valence-corrected chi connectivity index (χ3v) is 7.04. The van der Waals surface area contributed by atoms with Crippen molar-refractivity contribution in [3.8, 4) is 11.4 Å². The number of nitrogens with one attached hydrogen (secondary N) is 2. The molecule has 1 saturated heterocycles. The van der Waals surface area contributed by atoms with Crippen LogP contribution in [-0.2, 0) is 4.79 Å². The minimum atomic E-state index is -0.294. The molecule has 0 bridgehead atoms. The van der Waals surface area contributed by atoms with E-state index in [9.17, 15) is 9.18 Å². The third-order valence-electron chi connectivity index (χ3n) is 6.73. The topological polar surface area (TPSA) is 71.4 Å². The highest BCUT2D eigenvalue weighted by molar-refractivity contribution is 7.80. The number of nitrogens with zero attached hydrogens (tertiary/aromatic N) is 3. The fraction of sp³-hybridized carbons (Fsp3) is 0.207. The van der Waals surface area contributed by atoms with Gasteiger partial charge in [-0.05, 0) is 86.2 Å². The van der Waals surface area contributed by atoms with E-state index < -0.39 is 0 Å². The molecule has 1 aliphatic rings. The van der Waals surface area contributed by atoms with Crippen LogP contribution in [0.4, 0.5) is 15.8 Å². The molecule has 1 fully saturated rings. The van der Waals surface area contributed by atoms with Crippen LogP contribution in [0.3, 0.4) is 0 Å². The average molecular weight is 530 g/mol. The van der Waals surface area contributed by atoms with Crippen LogP contribution in [0.5, 0.6) is 5.75 Å². The molecule has 0 unspecified atom stereocenters. The van der Waals surface area contributed by atoms with Crippen molar-refractivity contribution in [2.45, 2.75) is 32.9 Å². The molecule has 194 valence electrons. The summed E-state index contributed by atoms with van der Waals surface area (Å²) in [7, 11) is 1.56. The zero-order chi connectivity index (χ0) is 27.0. The average Bonchev–Trinajstić information content (AvgIpc) is 3.39. The monoisotopic (exact) mass is 529 g/mol. The van der Waals surface area contributed by atoms with Gasteiger partial charge >= 0.3 is 0 Å². The lowest BCUT2D eigenvalue weighted by molar-refractivity contribution is -0.114. The maximum Gasteiger partial charge on any atom is 0.221 e. The summed E-state index contributed by atoms with van der Waals surface area (Å²) in [5.41, 5.74) is 5.87. The molecule has 2 atom stereocenters. The zero-order valence-electron chi connectivity index (χ0n) is 21.5. The molecule has 2 aromatic heterocycles. The van der Waals surface area contributed by atoms with Crippen molar-refractivity contribution in [3.63, 3.8) is 0 Å². The maximum absolute atomic E-state index is 14.1. The summed E-state index contributed by atoms with van der Waals surface area (Å²) in [6.07, 6.45) is 1.76. The van der Waals surface area contributed by atoms with Crippen LogP contribution in [0, 0.1) is 19.7 Å². The number of hydrogen-bond acceptors (Lipinski definition) is 4. The number of ether oxygens (including phenoxy) is 1. The van der Waals surface area contributed by atoms with E-state index in [2.05, 4.69) is 21.7 Å². The standard InChI is InChI=1S/C29H28FN5O2S/c1-17-14-23(18(2)34(17)21-9-7-8-20(30)15-21)28-27(24-10-5-6-13-31-24)33-29(38)35(28)22-11-12-26(37-4)25(16-22)32-19(3)36/h5-16,27-28H,1-4H3,(H,32,36)(H,33,38)/t27-,28+/m0/s1. The summed E-state index contributed by atoms with van der Waals surface area (Å²) < 4.78 is 21.6. The van der Waals surface area contributed by atoms with E-state index in [1.807, 2.05) is 65.8 Å². The number of anilines is 2. The minimum Gasteiger partial charge on any atom is -0.495 e. The summed E-state index contributed by atoms with van der Waals surface area (Å²) in [4.78, 5) is 18.6. The largest absolute Gasteiger partial charge is 0.495 e. The van der Waals surface area contributed by atoms with Crippen molar-refractivity contribution in [1.82, 2.24) is 14.9 Å². The first-order chi connectivity index (χ1) is 18.3. The van der Waals surface area contributed by atoms with E-state index in [1.54, 1.807) is 19.4 Å². The summed E-state index contributed by atoms with van der Waals surface area (Å²) in [5, 5.41) is 6.84. The van der Waals surface area contributed by atoms with Gasteiger partial charge in [-0.3, -0.25) is 9.78 Å². The number of pyridine rings is 1. The summed E-state index contributed by atoms with van der Waals surface area (Å²) >= 11 is 5.87. The van der Waals surface area contributed by atoms with Gasteiger partial charge in [0.1, 0.15) is 11.6 Å². The Morgan fingerprint density at radius 2 is 1.89 bits per heavy atom. The van der Waals surface area contributed by atoms with Crippen LogP contribution in [0.2, 0.25) is 0 Å². The van der Waals surface area contributed by atoms with E-state index in [1.165, 1.54) is 19.1 Å². The second kappa shape index (κ2) is 10.3. The minimum absolute atomic E-state index is 0.205. The Morgan fingerprint density at radius 1 is 1.08 bits per heavy atom. The van der Waals surface area contributed by atoms with Gasteiger partial charge in [0.2, 0.25) is 5.91 Å². The lowest BCUT2D eigenvalue weighted by atomic mass is 9.96. The van der Waals surface area contributed by atoms with Gasteiger partial charge in [0.25, 0.3) is 0 Å². The van der Waals surface area contributed by atoms with Gasteiger partial charge in [0, 0.05) is 35.9 Å². The van der Waals surface area contributed by atoms with E-state index in [0.29, 0.717) is 16.5 Å². The molecular weight excluding hydrogens is 501 g/mol. The van der Waals surface area contributed by atoms with E-state index in [4.69, 9.17) is 17.0 Å². The highest BCUT2D eigenvalue weighted by Gasteiger charge is 2.42. The van der Waals surface area contributed by atoms with Crippen molar-refractivity contribution in [2.75, 3.05) is 17.3 Å². The van der Waals surface area contributed by atoms with Crippen molar-refractivity contribution in [2.24, 2.45) is 0 Å². The number of rotatable bonds is 6. The number of aromatic nitrogens is 2. The Kier molecular flexibility index (Phi) is 6.86. The molecule has 7 nitrogen and oxygen atoms in total. The van der Waals surface area contributed by atoms with Crippen LogP contribution in [-0.4, -0.2) is 27.7 Å². The molecule has 0 spiro atoms. The molecule has 4 aromatic rings.